The molecule has 2 nitrogen and oxygen atoms in total. The fraction of sp³-hybridized carbons (Fsp3) is 1.00. The van der Waals surface area contributed by atoms with Crippen molar-refractivity contribution in [3.05, 3.63) is 0 Å². The Labute approximate surface area is 56.1 Å². The molecule has 1 saturated carbocycles. The van der Waals surface area contributed by atoms with Crippen molar-refractivity contribution < 1.29 is 5.11 Å². The van der Waals surface area contributed by atoms with Crippen LogP contribution in [-0.2, 0) is 0 Å². The van der Waals surface area contributed by atoms with Gasteiger partial charge in [0.25, 0.3) is 0 Å². The van der Waals surface area contributed by atoms with E-state index in [4.69, 9.17) is 10.8 Å². The van der Waals surface area contributed by atoms with E-state index in [1.807, 2.05) is 6.92 Å². The van der Waals surface area contributed by atoms with Crippen LogP contribution in [0.25, 0.3) is 0 Å². The van der Waals surface area contributed by atoms with Crippen LogP contribution in [-0.4, -0.2) is 17.3 Å². The van der Waals surface area contributed by atoms with Crippen molar-refractivity contribution in [2.24, 2.45) is 11.7 Å². The Balaban J connectivity index is 2.40. The van der Waals surface area contributed by atoms with E-state index in [2.05, 4.69) is 0 Å². The lowest BCUT2D eigenvalue weighted by atomic mass is 9.99. The molecule has 0 aromatic carbocycles. The van der Waals surface area contributed by atoms with E-state index in [1.165, 1.54) is 6.42 Å². The lowest BCUT2D eigenvalue weighted by Crippen LogP contribution is -2.31. The number of rotatable bonds is 1. The molecule has 0 spiro atoms. The molecule has 0 amide bonds. The molecule has 0 saturated heterocycles. The lowest BCUT2D eigenvalue weighted by Gasteiger charge is -2.17. The Bertz CT molecular complexity index is 92.9. The molecule has 3 N–H and O–H groups in total. The van der Waals surface area contributed by atoms with Gasteiger partial charge in [0.2, 0.25) is 0 Å². The summed E-state index contributed by atoms with van der Waals surface area (Å²) in [7, 11) is 0. The van der Waals surface area contributed by atoms with Gasteiger partial charge in [-0.15, -0.1) is 0 Å². The summed E-state index contributed by atoms with van der Waals surface area (Å²) in [6.45, 7) is 1.83. The van der Waals surface area contributed by atoms with E-state index < -0.39 is 0 Å². The fourth-order valence-corrected chi connectivity index (χ4v) is 1.62. The topological polar surface area (TPSA) is 46.2 Å². The van der Waals surface area contributed by atoms with Crippen LogP contribution in [0.5, 0.6) is 0 Å². The molecule has 0 heterocycles. The van der Waals surface area contributed by atoms with Crippen molar-refractivity contribution in [3.63, 3.8) is 0 Å². The second kappa shape index (κ2) is 2.67. The molecule has 3 atom stereocenters. The Morgan fingerprint density at radius 2 is 2.22 bits per heavy atom. The molecule has 1 rings (SSSR count). The first-order valence-corrected chi connectivity index (χ1v) is 3.65. The number of aliphatic hydroxyl groups is 1. The maximum absolute atomic E-state index is 9.14. The lowest BCUT2D eigenvalue weighted by molar-refractivity contribution is 0.120. The van der Waals surface area contributed by atoms with Crippen LogP contribution in [0.3, 0.4) is 0 Å². The second-order valence-electron chi connectivity index (χ2n) is 3.00. The largest absolute Gasteiger partial charge is 0.393 e. The molecule has 1 fully saturated rings. The van der Waals surface area contributed by atoms with Crippen molar-refractivity contribution in [1.82, 2.24) is 0 Å². The van der Waals surface area contributed by atoms with Gasteiger partial charge in [-0.1, -0.05) is 6.42 Å². The SMILES string of the molecule is CC(O)C1CCCC1N. The normalized spacial score (nSPS) is 39.0. The van der Waals surface area contributed by atoms with E-state index in [9.17, 15) is 0 Å². The minimum absolute atomic E-state index is 0.206. The summed E-state index contributed by atoms with van der Waals surface area (Å²) in [5.41, 5.74) is 5.72. The van der Waals surface area contributed by atoms with Gasteiger partial charge in [0.05, 0.1) is 6.10 Å². The van der Waals surface area contributed by atoms with Crippen molar-refractivity contribution in [1.29, 1.82) is 0 Å². The molecule has 2 heteroatoms. The Hall–Kier alpha value is -0.0800. The maximum Gasteiger partial charge on any atom is 0.0555 e. The molecule has 0 radical (unpaired) electrons. The van der Waals surface area contributed by atoms with E-state index in [-0.39, 0.29) is 12.1 Å². The predicted octanol–water partition coefficient (Wildman–Crippen LogP) is 0.495. The first-order chi connectivity index (χ1) is 4.22. The Kier molecular flexibility index (Phi) is 2.09. The molecule has 1 aliphatic rings. The van der Waals surface area contributed by atoms with Gasteiger partial charge in [0.15, 0.2) is 0 Å². The summed E-state index contributed by atoms with van der Waals surface area (Å²) in [5.74, 6) is 0.366. The molecule has 3 unspecified atom stereocenters. The third kappa shape index (κ3) is 1.43. The van der Waals surface area contributed by atoms with Crippen LogP contribution in [0, 0.1) is 5.92 Å². The Morgan fingerprint density at radius 1 is 1.56 bits per heavy atom. The number of hydrogen-bond acceptors (Lipinski definition) is 2. The summed E-state index contributed by atoms with van der Waals surface area (Å²) < 4.78 is 0. The van der Waals surface area contributed by atoms with Crippen LogP contribution in [0.1, 0.15) is 26.2 Å². The summed E-state index contributed by atoms with van der Waals surface area (Å²) in [4.78, 5) is 0. The third-order valence-electron chi connectivity index (χ3n) is 2.24. The summed E-state index contributed by atoms with van der Waals surface area (Å²) in [6.07, 6.45) is 3.19. The Morgan fingerprint density at radius 3 is 2.44 bits per heavy atom. The first-order valence-electron chi connectivity index (χ1n) is 3.65. The monoisotopic (exact) mass is 129 g/mol. The van der Waals surface area contributed by atoms with E-state index in [0.29, 0.717) is 5.92 Å². The molecule has 1 aliphatic carbocycles. The molecule has 9 heavy (non-hydrogen) atoms. The zero-order chi connectivity index (χ0) is 6.85. The minimum Gasteiger partial charge on any atom is -0.393 e. The third-order valence-corrected chi connectivity index (χ3v) is 2.24. The quantitative estimate of drug-likeness (QED) is 0.541. The van der Waals surface area contributed by atoms with E-state index >= 15 is 0 Å². The number of hydrogen-bond donors (Lipinski definition) is 2. The predicted molar refractivity (Wildman–Crippen MR) is 37.0 cm³/mol. The zero-order valence-corrected chi connectivity index (χ0v) is 5.88. The minimum atomic E-state index is -0.206. The van der Waals surface area contributed by atoms with Crippen LogP contribution in [0.2, 0.25) is 0 Å². The smallest absolute Gasteiger partial charge is 0.0555 e. The highest BCUT2D eigenvalue weighted by Crippen LogP contribution is 2.26. The van der Waals surface area contributed by atoms with Crippen LogP contribution in [0.4, 0.5) is 0 Å². The molecule has 0 aromatic rings. The van der Waals surface area contributed by atoms with Crippen LogP contribution < -0.4 is 5.73 Å². The van der Waals surface area contributed by atoms with Crippen molar-refractivity contribution in [2.75, 3.05) is 0 Å². The molecular formula is C7H15NO. The standard InChI is InChI=1S/C7H15NO/c1-5(9)6-3-2-4-7(6)8/h5-7,9H,2-4,8H2,1H3. The highest BCUT2D eigenvalue weighted by Gasteiger charge is 2.27. The molecule has 0 aliphatic heterocycles. The zero-order valence-electron chi connectivity index (χ0n) is 5.88. The van der Waals surface area contributed by atoms with Gasteiger partial charge in [-0.2, -0.15) is 0 Å². The van der Waals surface area contributed by atoms with Crippen molar-refractivity contribution in [3.8, 4) is 0 Å². The molecular weight excluding hydrogens is 114 g/mol. The summed E-state index contributed by atoms with van der Waals surface area (Å²) in [5, 5.41) is 9.14. The first kappa shape index (κ1) is 7.03. The van der Waals surface area contributed by atoms with Gasteiger partial charge in [-0.25, -0.2) is 0 Å². The van der Waals surface area contributed by atoms with Gasteiger partial charge in [0.1, 0.15) is 0 Å². The van der Waals surface area contributed by atoms with Gasteiger partial charge < -0.3 is 10.8 Å². The number of nitrogens with two attached hydrogens (primary N) is 1. The van der Waals surface area contributed by atoms with Crippen molar-refractivity contribution in [2.45, 2.75) is 38.3 Å². The fourth-order valence-electron chi connectivity index (χ4n) is 1.62. The molecule has 0 bridgehead atoms. The van der Waals surface area contributed by atoms with Crippen LogP contribution >= 0.6 is 0 Å². The van der Waals surface area contributed by atoms with Crippen molar-refractivity contribution >= 4 is 0 Å². The van der Waals surface area contributed by atoms with E-state index in [0.717, 1.165) is 12.8 Å². The van der Waals surface area contributed by atoms with E-state index in [1.54, 1.807) is 0 Å². The summed E-state index contributed by atoms with van der Waals surface area (Å²) in [6, 6.07) is 0.255. The highest BCUT2D eigenvalue weighted by molar-refractivity contribution is 4.82. The maximum atomic E-state index is 9.14. The van der Waals surface area contributed by atoms with Gasteiger partial charge in [-0.3, -0.25) is 0 Å². The highest BCUT2D eigenvalue weighted by atomic mass is 16.3. The average Bonchev–Trinajstić information content (AvgIpc) is 2.13. The summed E-state index contributed by atoms with van der Waals surface area (Å²) >= 11 is 0. The van der Waals surface area contributed by atoms with Gasteiger partial charge >= 0.3 is 0 Å². The number of aliphatic hydroxyl groups excluding tert-OH is 1. The molecule has 0 aromatic heterocycles. The van der Waals surface area contributed by atoms with Gasteiger partial charge in [0, 0.05) is 6.04 Å². The second-order valence-corrected chi connectivity index (χ2v) is 3.00. The van der Waals surface area contributed by atoms with Crippen LogP contribution in [0.15, 0.2) is 0 Å². The molecule has 54 valence electrons. The van der Waals surface area contributed by atoms with Gasteiger partial charge in [-0.05, 0) is 25.7 Å². The average molecular weight is 129 g/mol.